The molecular formula is C16H27N5O7S. The Kier molecular flexibility index (Phi) is 5.95. The van der Waals surface area contributed by atoms with Gasteiger partial charge in [-0.25, -0.2) is 10.3 Å². The van der Waals surface area contributed by atoms with Crippen LogP contribution in [0.3, 0.4) is 0 Å². The Balaban J connectivity index is 1.23. The second kappa shape index (κ2) is 8.32. The molecule has 4 fully saturated rings. The van der Waals surface area contributed by atoms with Gasteiger partial charge < -0.3 is 10.2 Å². The van der Waals surface area contributed by atoms with Crippen molar-refractivity contribution in [2.24, 2.45) is 0 Å². The molecule has 0 saturated carbocycles. The number of carbonyl (C=O) groups excluding carboxylic acids is 2. The largest absolute Gasteiger partial charge is 0.418 e. The molecule has 2 bridgehead atoms. The minimum absolute atomic E-state index is 0.147. The second-order valence-corrected chi connectivity index (χ2v) is 9.03. The summed E-state index contributed by atoms with van der Waals surface area (Å²) in [6.07, 6.45) is 4.18. The van der Waals surface area contributed by atoms with Gasteiger partial charge in [-0.3, -0.25) is 19.1 Å². The summed E-state index contributed by atoms with van der Waals surface area (Å²) in [6, 6.07) is -1.41. The van der Waals surface area contributed by atoms with E-state index in [0.717, 1.165) is 26.1 Å². The van der Waals surface area contributed by atoms with E-state index < -0.39 is 34.4 Å². The highest BCUT2D eigenvalue weighted by atomic mass is 32.3. The summed E-state index contributed by atoms with van der Waals surface area (Å²) in [7, 11) is -4.81. The zero-order valence-electron chi connectivity index (χ0n) is 16.0. The fourth-order valence-electron chi connectivity index (χ4n) is 4.70. The standard InChI is InChI=1S/C16H27N5O7S/c22-15(18-27-10-11-7-13(8-17-11)19-5-1-2-6-19)14-4-3-12-9-20(14)16(23)21(12)28-29(24,25)26/h11-14,17H,1-10H2,(H,18,22)(H,24,25,26)/t11-,12?,13+,14?/m0/s1. The molecule has 0 aromatic rings. The molecule has 4 atom stereocenters. The molecule has 0 aliphatic carbocycles. The van der Waals surface area contributed by atoms with Crippen molar-refractivity contribution >= 4 is 22.3 Å². The van der Waals surface area contributed by atoms with Gasteiger partial charge >= 0.3 is 16.4 Å². The Morgan fingerprint density at radius 1 is 1.24 bits per heavy atom. The molecule has 0 spiro atoms. The van der Waals surface area contributed by atoms with E-state index >= 15 is 0 Å². The van der Waals surface area contributed by atoms with E-state index in [1.807, 2.05) is 0 Å². The first-order valence-corrected chi connectivity index (χ1v) is 11.3. The summed E-state index contributed by atoms with van der Waals surface area (Å²) in [6.45, 7) is 3.67. The van der Waals surface area contributed by atoms with Crippen LogP contribution >= 0.6 is 0 Å². The fourth-order valence-corrected chi connectivity index (χ4v) is 5.08. The van der Waals surface area contributed by atoms with Crippen molar-refractivity contribution in [1.29, 1.82) is 0 Å². The maximum Gasteiger partial charge on any atom is 0.418 e. The predicted molar refractivity (Wildman–Crippen MR) is 98.5 cm³/mol. The molecule has 0 aromatic carbocycles. The first-order chi connectivity index (χ1) is 13.8. The SMILES string of the molecule is O=C(NOC[C@@H]1C[C@@H](N2CCCC2)CN1)C1CCC2CN1C(=O)N2OS(=O)(=O)O. The smallest absolute Gasteiger partial charge is 0.310 e. The van der Waals surface area contributed by atoms with E-state index in [-0.39, 0.29) is 12.6 Å². The number of fused-ring (bicyclic) bond motifs is 2. The summed E-state index contributed by atoms with van der Waals surface area (Å²) >= 11 is 0. The van der Waals surface area contributed by atoms with Gasteiger partial charge in [0.1, 0.15) is 6.04 Å². The number of piperidine rings is 1. The quantitative estimate of drug-likeness (QED) is 0.336. The zero-order chi connectivity index (χ0) is 20.6. The molecule has 13 heteroatoms. The number of rotatable bonds is 7. The van der Waals surface area contributed by atoms with Crippen molar-refractivity contribution in [2.75, 3.05) is 32.8 Å². The second-order valence-electron chi connectivity index (χ2n) is 8.03. The van der Waals surface area contributed by atoms with Gasteiger partial charge in [-0.15, -0.1) is 4.28 Å². The molecule has 4 heterocycles. The lowest BCUT2D eigenvalue weighted by atomic mass is 10.0. The lowest BCUT2D eigenvalue weighted by molar-refractivity contribution is -0.139. The third kappa shape index (κ3) is 4.64. The van der Waals surface area contributed by atoms with E-state index in [1.165, 1.54) is 17.7 Å². The van der Waals surface area contributed by atoms with Crippen LogP contribution < -0.4 is 10.8 Å². The van der Waals surface area contributed by atoms with Crippen LogP contribution in [0.15, 0.2) is 0 Å². The lowest BCUT2D eigenvalue weighted by Gasteiger charge is -2.29. The van der Waals surface area contributed by atoms with Crippen LogP contribution in [0.1, 0.15) is 32.1 Å². The molecular weight excluding hydrogens is 406 g/mol. The molecule has 0 radical (unpaired) electrons. The molecule has 4 rings (SSSR count). The van der Waals surface area contributed by atoms with Crippen molar-refractivity contribution < 1.29 is 31.7 Å². The van der Waals surface area contributed by atoms with Gasteiger partial charge in [-0.1, -0.05) is 0 Å². The monoisotopic (exact) mass is 433 g/mol. The van der Waals surface area contributed by atoms with Crippen molar-refractivity contribution in [1.82, 2.24) is 25.7 Å². The number of likely N-dealkylation sites (tertiary alicyclic amines) is 1. The maximum atomic E-state index is 12.5. The van der Waals surface area contributed by atoms with Crippen LogP contribution in [0.2, 0.25) is 0 Å². The topological polar surface area (TPSA) is 141 Å². The maximum absolute atomic E-state index is 12.5. The molecule has 4 aliphatic rings. The van der Waals surface area contributed by atoms with Crippen LogP contribution in [-0.2, 0) is 24.3 Å². The number of amides is 3. The van der Waals surface area contributed by atoms with Crippen LogP contribution in [0, 0.1) is 0 Å². The third-order valence-corrected chi connectivity index (χ3v) is 6.46. The highest BCUT2D eigenvalue weighted by molar-refractivity contribution is 7.80. The summed E-state index contributed by atoms with van der Waals surface area (Å²) in [5.41, 5.74) is 2.42. The van der Waals surface area contributed by atoms with Crippen LogP contribution in [0.25, 0.3) is 0 Å². The molecule has 4 aliphatic heterocycles. The average Bonchev–Trinajstić information content (AvgIpc) is 3.39. The van der Waals surface area contributed by atoms with Gasteiger partial charge in [0.15, 0.2) is 0 Å². The number of nitrogens with one attached hydrogen (secondary N) is 2. The van der Waals surface area contributed by atoms with Gasteiger partial charge in [-0.2, -0.15) is 13.5 Å². The van der Waals surface area contributed by atoms with E-state index in [1.54, 1.807) is 0 Å². The highest BCUT2D eigenvalue weighted by Crippen LogP contribution is 2.30. The van der Waals surface area contributed by atoms with Crippen molar-refractivity contribution in [3.05, 3.63) is 0 Å². The Morgan fingerprint density at radius 3 is 2.72 bits per heavy atom. The van der Waals surface area contributed by atoms with Crippen molar-refractivity contribution in [2.45, 2.75) is 56.3 Å². The van der Waals surface area contributed by atoms with Gasteiger partial charge in [0.2, 0.25) is 0 Å². The number of hydroxylamine groups is 3. The van der Waals surface area contributed by atoms with Gasteiger partial charge in [0.25, 0.3) is 5.91 Å². The first kappa shape index (κ1) is 20.8. The molecule has 3 amide bonds. The van der Waals surface area contributed by atoms with Crippen LogP contribution in [0.4, 0.5) is 4.79 Å². The predicted octanol–water partition coefficient (Wildman–Crippen LogP) is -1.14. The average molecular weight is 433 g/mol. The summed E-state index contributed by atoms with van der Waals surface area (Å²) < 4.78 is 35.0. The van der Waals surface area contributed by atoms with Crippen LogP contribution in [-0.4, -0.2) is 96.7 Å². The van der Waals surface area contributed by atoms with Gasteiger partial charge in [-0.05, 0) is 45.2 Å². The third-order valence-electron chi connectivity index (χ3n) is 6.11. The zero-order valence-corrected chi connectivity index (χ0v) is 16.8. The number of hydrogen-bond acceptors (Lipinski definition) is 8. The fraction of sp³-hybridized carbons (Fsp3) is 0.875. The van der Waals surface area contributed by atoms with E-state index in [2.05, 4.69) is 20.0 Å². The number of nitrogens with zero attached hydrogens (tertiary/aromatic N) is 3. The summed E-state index contributed by atoms with van der Waals surface area (Å²) in [4.78, 5) is 33.9. The van der Waals surface area contributed by atoms with E-state index in [9.17, 15) is 18.0 Å². The van der Waals surface area contributed by atoms with Gasteiger partial charge in [0.05, 0.1) is 12.6 Å². The highest BCUT2D eigenvalue weighted by Gasteiger charge is 2.49. The molecule has 0 aromatic heterocycles. The molecule has 4 saturated heterocycles. The Bertz CT molecular complexity index is 744. The van der Waals surface area contributed by atoms with E-state index in [0.29, 0.717) is 30.6 Å². The minimum Gasteiger partial charge on any atom is -0.310 e. The normalized spacial score (nSPS) is 32.9. The Labute approximate surface area is 169 Å². The Hall–Kier alpha value is -1.51. The van der Waals surface area contributed by atoms with E-state index in [4.69, 9.17) is 9.39 Å². The molecule has 164 valence electrons. The number of hydrogen-bond donors (Lipinski definition) is 3. The molecule has 29 heavy (non-hydrogen) atoms. The number of urea groups is 1. The molecule has 2 unspecified atom stereocenters. The number of carbonyl (C=O) groups is 2. The minimum atomic E-state index is -4.81. The van der Waals surface area contributed by atoms with Gasteiger partial charge in [0, 0.05) is 25.2 Å². The summed E-state index contributed by atoms with van der Waals surface area (Å²) in [5.74, 6) is -0.459. The van der Waals surface area contributed by atoms with Crippen LogP contribution in [0.5, 0.6) is 0 Å². The Morgan fingerprint density at radius 2 is 2.00 bits per heavy atom. The van der Waals surface area contributed by atoms with Crippen molar-refractivity contribution in [3.63, 3.8) is 0 Å². The molecule has 3 N–H and O–H groups in total. The summed E-state index contributed by atoms with van der Waals surface area (Å²) in [5, 5.41) is 4.03. The lowest BCUT2D eigenvalue weighted by Crippen LogP contribution is -2.50. The first-order valence-electron chi connectivity index (χ1n) is 9.98. The molecule has 12 nitrogen and oxygen atoms in total. The van der Waals surface area contributed by atoms with Crippen molar-refractivity contribution in [3.8, 4) is 0 Å².